The number of aromatic amines is 1. The number of H-pyrrole nitrogens is 1. The molecule has 9 nitrogen and oxygen atoms in total. The van der Waals surface area contributed by atoms with Crippen molar-refractivity contribution in [3.05, 3.63) is 61.1 Å². The van der Waals surface area contributed by atoms with Gasteiger partial charge in [-0.25, -0.2) is 15.0 Å². The average molecular weight is 397 g/mol. The standard InChI is InChI=1S/C21H15N7O2/c1-2-4-14-12(3-1)7-8-22-18(14)27-21-26-17-19(23-10-24-20(17)28-21)25-13-5-6-15-16(9-13)30-11-29-15/h1-10H,11H2,(H3,22,23,24,25,26,27,28). The third-order valence-corrected chi connectivity index (χ3v) is 4.83. The van der Waals surface area contributed by atoms with Gasteiger partial charge in [-0.1, -0.05) is 24.3 Å². The summed E-state index contributed by atoms with van der Waals surface area (Å²) < 4.78 is 10.8. The first-order valence-electron chi connectivity index (χ1n) is 9.32. The van der Waals surface area contributed by atoms with Crippen LogP contribution in [0.5, 0.6) is 11.5 Å². The van der Waals surface area contributed by atoms with Crippen LogP contribution in [0.1, 0.15) is 0 Å². The van der Waals surface area contributed by atoms with Crippen LogP contribution in [0.2, 0.25) is 0 Å². The highest BCUT2D eigenvalue weighted by Crippen LogP contribution is 2.35. The van der Waals surface area contributed by atoms with Crippen molar-refractivity contribution in [3.63, 3.8) is 0 Å². The van der Waals surface area contributed by atoms with Gasteiger partial charge in [0, 0.05) is 23.3 Å². The van der Waals surface area contributed by atoms with E-state index in [-0.39, 0.29) is 6.79 Å². The number of hydrogen-bond acceptors (Lipinski definition) is 8. The lowest BCUT2D eigenvalue weighted by atomic mass is 10.1. The molecular weight excluding hydrogens is 382 g/mol. The quantitative estimate of drug-likeness (QED) is 0.415. The fourth-order valence-electron chi connectivity index (χ4n) is 3.42. The van der Waals surface area contributed by atoms with Crippen molar-refractivity contribution in [1.29, 1.82) is 0 Å². The molecule has 4 heterocycles. The fraction of sp³-hybridized carbons (Fsp3) is 0.0476. The molecule has 0 unspecified atom stereocenters. The number of ether oxygens (including phenoxy) is 2. The number of anilines is 4. The van der Waals surface area contributed by atoms with Crippen molar-refractivity contribution in [2.45, 2.75) is 0 Å². The van der Waals surface area contributed by atoms with Gasteiger partial charge in [0.05, 0.1) is 0 Å². The van der Waals surface area contributed by atoms with Crippen LogP contribution in [0.4, 0.5) is 23.3 Å². The summed E-state index contributed by atoms with van der Waals surface area (Å²) in [5.74, 6) is 3.27. The molecule has 30 heavy (non-hydrogen) atoms. The second-order valence-corrected chi connectivity index (χ2v) is 6.71. The van der Waals surface area contributed by atoms with E-state index in [1.165, 1.54) is 6.33 Å². The summed E-state index contributed by atoms with van der Waals surface area (Å²) >= 11 is 0. The molecule has 0 spiro atoms. The Kier molecular flexibility index (Phi) is 3.63. The molecule has 1 aliphatic heterocycles. The van der Waals surface area contributed by atoms with Crippen molar-refractivity contribution < 1.29 is 9.47 Å². The Bertz CT molecular complexity index is 1390. The van der Waals surface area contributed by atoms with Crippen LogP contribution >= 0.6 is 0 Å². The Balaban J connectivity index is 1.34. The molecule has 146 valence electrons. The lowest BCUT2D eigenvalue weighted by molar-refractivity contribution is 0.174. The minimum absolute atomic E-state index is 0.230. The lowest BCUT2D eigenvalue weighted by Gasteiger charge is -2.07. The molecule has 3 N–H and O–H groups in total. The summed E-state index contributed by atoms with van der Waals surface area (Å²) in [6.45, 7) is 0.230. The Morgan fingerprint density at radius 1 is 0.867 bits per heavy atom. The molecule has 2 aromatic carbocycles. The van der Waals surface area contributed by atoms with Crippen LogP contribution in [0.15, 0.2) is 61.1 Å². The molecule has 3 aromatic heterocycles. The monoisotopic (exact) mass is 397 g/mol. The number of nitrogens with one attached hydrogen (secondary N) is 3. The predicted molar refractivity (Wildman–Crippen MR) is 113 cm³/mol. The van der Waals surface area contributed by atoms with E-state index < -0.39 is 0 Å². The van der Waals surface area contributed by atoms with Gasteiger partial charge >= 0.3 is 0 Å². The zero-order valence-electron chi connectivity index (χ0n) is 15.6. The average Bonchev–Trinajstić information content (AvgIpc) is 3.41. The van der Waals surface area contributed by atoms with E-state index in [9.17, 15) is 0 Å². The van der Waals surface area contributed by atoms with Crippen molar-refractivity contribution in [2.75, 3.05) is 17.4 Å². The van der Waals surface area contributed by atoms with Crippen molar-refractivity contribution in [3.8, 4) is 11.5 Å². The molecule has 0 bridgehead atoms. The number of nitrogens with zero attached hydrogens (tertiary/aromatic N) is 4. The van der Waals surface area contributed by atoms with Crippen molar-refractivity contribution in [1.82, 2.24) is 24.9 Å². The number of aromatic nitrogens is 5. The number of benzene rings is 2. The Hall–Kier alpha value is -4.40. The van der Waals surface area contributed by atoms with Crippen LogP contribution in [-0.2, 0) is 0 Å². The van der Waals surface area contributed by atoms with E-state index in [4.69, 9.17) is 9.47 Å². The van der Waals surface area contributed by atoms with Gasteiger partial charge in [0.2, 0.25) is 12.7 Å². The molecule has 6 rings (SSSR count). The molecule has 0 aliphatic carbocycles. The van der Waals surface area contributed by atoms with Gasteiger partial charge in [-0.05, 0) is 23.6 Å². The summed E-state index contributed by atoms with van der Waals surface area (Å²) in [5.41, 5.74) is 2.04. The SMILES string of the molecule is c1ccc2c(Nc3nc4ncnc(Nc5ccc6c(c5)OCO6)c4[nH]3)nccc2c1. The van der Waals surface area contributed by atoms with Gasteiger partial charge in [0.25, 0.3) is 0 Å². The van der Waals surface area contributed by atoms with Crippen LogP contribution in [0.25, 0.3) is 21.9 Å². The highest BCUT2D eigenvalue weighted by molar-refractivity contribution is 5.93. The lowest BCUT2D eigenvalue weighted by Crippen LogP contribution is -1.96. The summed E-state index contributed by atoms with van der Waals surface area (Å²) in [6, 6.07) is 15.6. The Morgan fingerprint density at radius 2 is 1.80 bits per heavy atom. The molecule has 5 aromatic rings. The summed E-state index contributed by atoms with van der Waals surface area (Å²) in [7, 11) is 0. The zero-order chi connectivity index (χ0) is 19.9. The maximum Gasteiger partial charge on any atom is 0.231 e. The van der Waals surface area contributed by atoms with Crippen molar-refractivity contribution >= 4 is 45.2 Å². The first kappa shape index (κ1) is 16.5. The third-order valence-electron chi connectivity index (χ3n) is 4.83. The van der Waals surface area contributed by atoms with E-state index >= 15 is 0 Å². The first-order chi connectivity index (χ1) is 14.8. The number of fused-ring (bicyclic) bond motifs is 3. The number of rotatable bonds is 4. The molecule has 1 aliphatic rings. The largest absolute Gasteiger partial charge is 0.454 e. The van der Waals surface area contributed by atoms with E-state index in [1.807, 2.05) is 48.5 Å². The fourth-order valence-corrected chi connectivity index (χ4v) is 3.42. The molecule has 0 atom stereocenters. The smallest absolute Gasteiger partial charge is 0.231 e. The minimum atomic E-state index is 0.230. The normalized spacial score (nSPS) is 12.4. The van der Waals surface area contributed by atoms with Gasteiger partial charge in [0.1, 0.15) is 17.7 Å². The molecule has 9 heteroatoms. The van der Waals surface area contributed by atoms with Crippen LogP contribution in [0.3, 0.4) is 0 Å². The Labute approximate surface area is 170 Å². The van der Waals surface area contributed by atoms with Gasteiger partial charge in [-0.2, -0.15) is 4.98 Å². The van der Waals surface area contributed by atoms with E-state index in [1.54, 1.807) is 6.20 Å². The van der Waals surface area contributed by atoms with Gasteiger partial charge < -0.3 is 25.1 Å². The highest BCUT2D eigenvalue weighted by Gasteiger charge is 2.15. The number of hydrogen-bond donors (Lipinski definition) is 3. The molecule has 0 saturated carbocycles. The number of pyridine rings is 1. The van der Waals surface area contributed by atoms with Crippen LogP contribution < -0.4 is 20.1 Å². The summed E-state index contributed by atoms with van der Waals surface area (Å²) in [6.07, 6.45) is 3.23. The maximum atomic E-state index is 5.44. The molecule has 0 amide bonds. The molecule has 0 saturated heterocycles. The molecule has 0 radical (unpaired) electrons. The second-order valence-electron chi connectivity index (χ2n) is 6.71. The van der Waals surface area contributed by atoms with Crippen molar-refractivity contribution in [2.24, 2.45) is 0 Å². The van der Waals surface area contributed by atoms with Crippen LogP contribution in [0, 0.1) is 0 Å². The summed E-state index contributed by atoms with van der Waals surface area (Å²) in [4.78, 5) is 20.8. The third kappa shape index (κ3) is 2.80. The molecule has 0 fully saturated rings. The minimum Gasteiger partial charge on any atom is -0.454 e. The molecular formula is C21H15N7O2. The predicted octanol–water partition coefficient (Wildman–Crippen LogP) is 4.12. The summed E-state index contributed by atoms with van der Waals surface area (Å²) in [5, 5.41) is 8.63. The van der Waals surface area contributed by atoms with E-state index in [0.717, 1.165) is 22.2 Å². The Morgan fingerprint density at radius 3 is 2.80 bits per heavy atom. The van der Waals surface area contributed by atoms with Crippen LogP contribution in [-0.4, -0.2) is 31.7 Å². The van der Waals surface area contributed by atoms with Gasteiger partial charge in [0.15, 0.2) is 23.0 Å². The van der Waals surface area contributed by atoms with E-state index in [0.29, 0.717) is 34.5 Å². The van der Waals surface area contributed by atoms with E-state index in [2.05, 4.69) is 35.6 Å². The van der Waals surface area contributed by atoms with Gasteiger partial charge in [-0.15, -0.1) is 0 Å². The first-order valence-corrected chi connectivity index (χ1v) is 9.32. The topological polar surface area (TPSA) is 110 Å². The maximum absolute atomic E-state index is 5.44. The van der Waals surface area contributed by atoms with Gasteiger partial charge in [-0.3, -0.25) is 0 Å². The zero-order valence-corrected chi connectivity index (χ0v) is 15.6. The number of imidazole rings is 1. The second kappa shape index (κ2) is 6.59. The highest BCUT2D eigenvalue weighted by atomic mass is 16.7.